The highest BCUT2D eigenvalue weighted by molar-refractivity contribution is 7.52. The summed E-state index contributed by atoms with van der Waals surface area (Å²) in [7, 11) is -3.98. The Morgan fingerprint density at radius 1 is 1.02 bits per heavy atom. The number of ether oxygens (including phenoxy) is 2. The molecule has 11 nitrogen and oxygen atoms in total. The molecule has 3 N–H and O–H groups in total. The highest BCUT2D eigenvalue weighted by atomic mass is 31.2. The van der Waals surface area contributed by atoms with E-state index in [9.17, 15) is 9.36 Å². The third-order valence-corrected chi connectivity index (χ3v) is 8.40. The average Bonchev–Trinajstić information content (AvgIpc) is 3.36. The fraction of sp³-hybridized carbons (Fsp3) is 0.433. The Bertz CT molecular complexity index is 1530. The van der Waals surface area contributed by atoms with Gasteiger partial charge in [0, 0.05) is 18.0 Å². The number of para-hydroxylation sites is 2. The molecule has 2 aromatic carbocycles. The van der Waals surface area contributed by atoms with Crippen LogP contribution in [0.4, 0.5) is 5.82 Å². The Kier molecular flexibility index (Phi) is 10.9. The average molecular weight is 598 g/mol. The number of hydrogen-bond donors (Lipinski definition) is 2. The maximum Gasteiger partial charge on any atom is 0.459 e. The van der Waals surface area contributed by atoms with Crippen molar-refractivity contribution in [3.05, 3.63) is 60.4 Å². The van der Waals surface area contributed by atoms with E-state index in [-0.39, 0.29) is 19.3 Å². The van der Waals surface area contributed by atoms with Crippen LogP contribution >= 0.6 is 7.75 Å². The van der Waals surface area contributed by atoms with Crippen LogP contribution < -0.4 is 15.3 Å². The van der Waals surface area contributed by atoms with Crippen molar-refractivity contribution in [1.82, 2.24) is 19.6 Å². The van der Waals surface area contributed by atoms with Crippen LogP contribution in [-0.4, -0.2) is 46.4 Å². The molecule has 0 bridgehead atoms. The number of anilines is 1. The molecule has 0 aliphatic carbocycles. The van der Waals surface area contributed by atoms with Gasteiger partial charge in [0.2, 0.25) is 0 Å². The molecule has 12 heteroatoms. The van der Waals surface area contributed by atoms with Crippen molar-refractivity contribution >= 4 is 41.5 Å². The second kappa shape index (κ2) is 14.6. The van der Waals surface area contributed by atoms with Gasteiger partial charge < -0.3 is 24.3 Å². The number of carbonyl (C=O) groups is 1. The van der Waals surface area contributed by atoms with Crippen LogP contribution in [-0.2, 0) is 30.0 Å². The van der Waals surface area contributed by atoms with Gasteiger partial charge in [-0.3, -0.25) is 9.32 Å². The van der Waals surface area contributed by atoms with E-state index in [1.54, 1.807) is 38.1 Å². The van der Waals surface area contributed by atoms with Crippen molar-refractivity contribution in [1.29, 1.82) is 0 Å². The van der Waals surface area contributed by atoms with Crippen molar-refractivity contribution in [2.45, 2.75) is 65.6 Å². The Morgan fingerprint density at radius 2 is 1.76 bits per heavy atom. The zero-order chi connectivity index (χ0) is 30.1. The van der Waals surface area contributed by atoms with Crippen molar-refractivity contribution in [2.75, 3.05) is 25.6 Å². The summed E-state index contributed by atoms with van der Waals surface area (Å²) in [4.78, 5) is 21.8. The number of rotatable bonds is 16. The summed E-state index contributed by atoms with van der Waals surface area (Å²) in [6, 6.07) is 15.5. The van der Waals surface area contributed by atoms with Crippen molar-refractivity contribution in [3.63, 3.8) is 0 Å². The first kappa shape index (κ1) is 31.4. The number of benzene rings is 2. The quantitative estimate of drug-likeness (QED) is 0.114. The van der Waals surface area contributed by atoms with Gasteiger partial charge in [-0.25, -0.2) is 14.5 Å². The predicted molar refractivity (Wildman–Crippen MR) is 163 cm³/mol. The Balaban J connectivity index is 1.66. The van der Waals surface area contributed by atoms with E-state index in [1.807, 2.05) is 37.3 Å². The Morgan fingerprint density at radius 3 is 2.48 bits per heavy atom. The number of nitrogens with zero attached hydrogens (tertiary/aromatic N) is 3. The lowest BCUT2D eigenvalue weighted by atomic mass is 10.1. The maximum absolute atomic E-state index is 13.9. The fourth-order valence-electron chi connectivity index (χ4n) is 4.87. The molecule has 0 saturated carbocycles. The first-order valence-electron chi connectivity index (χ1n) is 14.4. The second-order valence-corrected chi connectivity index (χ2v) is 11.5. The number of aromatic nitrogens is 3. The van der Waals surface area contributed by atoms with Crippen LogP contribution in [0.1, 0.15) is 58.8 Å². The number of fused-ring (bicyclic) bond motifs is 3. The first-order chi connectivity index (χ1) is 20.3. The molecule has 0 aliphatic rings. The van der Waals surface area contributed by atoms with E-state index in [1.165, 1.54) is 0 Å². The molecule has 3 atom stereocenters. The van der Waals surface area contributed by atoms with Gasteiger partial charge in [-0.2, -0.15) is 5.09 Å². The SMILES string of the molecule is CCC[C@H](CCO[P@@](=O)(N[C@@H](C)C(=O)OCC)Oc1ccccc1)n1c(COCC)nc2c(N)nc3ccccc3c21. The summed E-state index contributed by atoms with van der Waals surface area (Å²) >= 11 is 0. The zero-order valence-electron chi connectivity index (χ0n) is 24.6. The summed E-state index contributed by atoms with van der Waals surface area (Å²) in [6.07, 6.45) is 2.15. The molecular formula is C30H40N5O6P. The highest BCUT2D eigenvalue weighted by Gasteiger charge is 2.33. The molecule has 0 saturated heterocycles. The monoisotopic (exact) mass is 597 g/mol. The van der Waals surface area contributed by atoms with Crippen LogP contribution in [0.25, 0.3) is 21.9 Å². The molecule has 0 fully saturated rings. The Labute approximate surface area is 246 Å². The van der Waals surface area contributed by atoms with Gasteiger partial charge in [-0.1, -0.05) is 49.7 Å². The second-order valence-electron chi connectivity index (χ2n) is 9.82. The molecule has 4 rings (SSSR count). The zero-order valence-corrected chi connectivity index (χ0v) is 25.5. The molecule has 0 spiro atoms. The van der Waals surface area contributed by atoms with Crippen LogP contribution in [0, 0.1) is 0 Å². The molecule has 4 aromatic rings. The van der Waals surface area contributed by atoms with Gasteiger partial charge in [-0.15, -0.1) is 0 Å². The lowest BCUT2D eigenvalue weighted by Gasteiger charge is -2.25. The van der Waals surface area contributed by atoms with Crippen LogP contribution in [0.2, 0.25) is 0 Å². The number of esters is 1. The van der Waals surface area contributed by atoms with Gasteiger partial charge in [0.05, 0.1) is 24.2 Å². The normalized spacial score (nSPS) is 14.5. The summed E-state index contributed by atoms with van der Waals surface area (Å²) in [5.74, 6) is 0.881. The topological polar surface area (TPSA) is 140 Å². The van der Waals surface area contributed by atoms with Gasteiger partial charge in [0.15, 0.2) is 5.82 Å². The van der Waals surface area contributed by atoms with Crippen LogP contribution in [0.15, 0.2) is 54.6 Å². The van der Waals surface area contributed by atoms with E-state index in [0.717, 1.165) is 35.1 Å². The molecule has 0 amide bonds. The van der Waals surface area contributed by atoms with E-state index in [4.69, 9.17) is 29.2 Å². The molecular weight excluding hydrogens is 557 g/mol. The third-order valence-electron chi connectivity index (χ3n) is 6.72. The lowest BCUT2D eigenvalue weighted by molar-refractivity contribution is -0.144. The minimum atomic E-state index is -3.98. The number of imidazole rings is 1. The molecule has 0 aliphatic heterocycles. The van der Waals surface area contributed by atoms with E-state index in [0.29, 0.717) is 36.7 Å². The minimum Gasteiger partial charge on any atom is -0.465 e. The smallest absolute Gasteiger partial charge is 0.459 e. The van der Waals surface area contributed by atoms with E-state index < -0.39 is 19.8 Å². The largest absolute Gasteiger partial charge is 0.465 e. The minimum absolute atomic E-state index is 0.0730. The third kappa shape index (κ3) is 7.46. The Hall–Kier alpha value is -3.50. The summed E-state index contributed by atoms with van der Waals surface area (Å²) in [5.41, 5.74) is 8.65. The summed E-state index contributed by atoms with van der Waals surface area (Å²) in [5, 5.41) is 3.67. The molecule has 0 radical (unpaired) electrons. The van der Waals surface area contributed by atoms with Crippen LogP contribution in [0.5, 0.6) is 5.75 Å². The van der Waals surface area contributed by atoms with Gasteiger partial charge in [-0.05, 0) is 51.8 Å². The molecule has 2 heterocycles. The number of pyridine rings is 1. The van der Waals surface area contributed by atoms with E-state index in [2.05, 4.69) is 21.6 Å². The first-order valence-corrected chi connectivity index (χ1v) is 15.9. The fourth-order valence-corrected chi connectivity index (χ4v) is 6.37. The number of hydrogen-bond acceptors (Lipinski definition) is 9. The number of nitrogens with two attached hydrogens (primary N) is 1. The van der Waals surface area contributed by atoms with E-state index >= 15 is 0 Å². The number of nitrogen functional groups attached to an aromatic ring is 1. The van der Waals surface area contributed by atoms with Crippen LogP contribution in [0.3, 0.4) is 0 Å². The molecule has 0 unspecified atom stereocenters. The molecule has 42 heavy (non-hydrogen) atoms. The standard InChI is InChI=1S/C30H40N5O6P/c1-5-13-22(18-19-40-42(37,34-21(4)30(36)39-7-3)41-23-14-9-8-10-15-23)35-26(20-38-6-2)33-27-28(35)24-16-11-12-17-25(24)32-29(27)31/h8-12,14-17,21-22H,5-7,13,18-20H2,1-4H3,(H2,31,32)(H,34,37)/t21-,22+,42-/m0/s1. The summed E-state index contributed by atoms with van der Waals surface area (Å²) < 4.78 is 38.7. The summed E-state index contributed by atoms with van der Waals surface area (Å²) in [6.45, 7) is 8.41. The number of carbonyl (C=O) groups excluding carboxylic acids is 1. The van der Waals surface area contributed by atoms with Gasteiger partial charge in [0.1, 0.15) is 29.7 Å². The van der Waals surface area contributed by atoms with Gasteiger partial charge in [0.25, 0.3) is 0 Å². The number of nitrogens with one attached hydrogen (secondary N) is 1. The van der Waals surface area contributed by atoms with Crippen molar-refractivity contribution in [2.24, 2.45) is 0 Å². The predicted octanol–water partition coefficient (Wildman–Crippen LogP) is 6.18. The molecule has 2 aromatic heterocycles. The van der Waals surface area contributed by atoms with Crippen molar-refractivity contribution in [3.8, 4) is 5.75 Å². The van der Waals surface area contributed by atoms with Gasteiger partial charge >= 0.3 is 13.7 Å². The lowest BCUT2D eigenvalue weighted by Crippen LogP contribution is -2.35. The maximum atomic E-state index is 13.9. The van der Waals surface area contributed by atoms with Crippen molar-refractivity contribution < 1.29 is 27.9 Å². The molecule has 226 valence electrons. The highest BCUT2D eigenvalue weighted by Crippen LogP contribution is 2.45.